The van der Waals surface area contributed by atoms with Gasteiger partial charge in [-0.3, -0.25) is 4.79 Å². The molecule has 1 amide bonds. The molecule has 0 atom stereocenters. The molecule has 1 N–H and O–H groups in total. The largest absolute Gasteiger partial charge is 0.351 e. The van der Waals surface area contributed by atoms with Gasteiger partial charge < -0.3 is 5.32 Å². The molecule has 5 nitrogen and oxygen atoms in total. The van der Waals surface area contributed by atoms with E-state index in [9.17, 15) is 13.2 Å². The number of amides is 1. The third-order valence-corrected chi connectivity index (χ3v) is 4.41. The molecule has 0 aliphatic carbocycles. The summed E-state index contributed by atoms with van der Waals surface area (Å²) < 4.78 is 24.5. The molecule has 6 heteroatoms. The van der Waals surface area contributed by atoms with Gasteiger partial charge in [-0.05, 0) is 18.9 Å². The minimum atomic E-state index is -3.35. The van der Waals surface area contributed by atoms with E-state index in [1.807, 2.05) is 38.1 Å². The molecule has 1 rings (SSSR count). The minimum absolute atomic E-state index is 0.120. The minimum Gasteiger partial charge on any atom is -0.351 e. The van der Waals surface area contributed by atoms with E-state index in [2.05, 4.69) is 5.32 Å². The van der Waals surface area contributed by atoms with Crippen LogP contribution in [0.2, 0.25) is 0 Å². The number of nitrogens with zero attached hydrogens (tertiary/aromatic N) is 1. The second-order valence-corrected chi connectivity index (χ2v) is 7.19. The van der Waals surface area contributed by atoms with Crippen LogP contribution in [0.1, 0.15) is 30.9 Å². The molecule has 0 aromatic heterocycles. The second kappa shape index (κ2) is 8.14. The number of aryl methyl sites for hydroxylation is 1. The van der Waals surface area contributed by atoms with Crippen molar-refractivity contribution < 1.29 is 13.2 Å². The number of carbonyl (C=O) groups excluding carboxylic acids is 1. The van der Waals surface area contributed by atoms with Gasteiger partial charge in [-0.2, -0.15) is 4.31 Å². The van der Waals surface area contributed by atoms with Crippen LogP contribution in [0.4, 0.5) is 0 Å². The Kier molecular flexibility index (Phi) is 6.84. The van der Waals surface area contributed by atoms with Crippen molar-refractivity contribution in [2.24, 2.45) is 0 Å². The maximum atomic E-state index is 11.9. The van der Waals surface area contributed by atoms with Gasteiger partial charge in [0.25, 0.3) is 0 Å². The van der Waals surface area contributed by atoms with E-state index in [4.69, 9.17) is 0 Å². The molecule has 1 aromatic carbocycles. The van der Waals surface area contributed by atoms with E-state index in [0.717, 1.165) is 30.2 Å². The predicted molar refractivity (Wildman–Crippen MR) is 84.4 cm³/mol. The number of unbranched alkanes of at least 4 members (excludes halogenated alkanes) is 1. The van der Waals surface area contributed by atoms with Gasteiger partial charge in [0.15, 0.2) is 0 Å². The SMILES string of the molecule is CCCCN(CC(=O)NCc1ccc(C)cc1)S(C)(=O)=O. The first-order chi connectivity index (χ1) is 9.82. The van der Waals surface area contributed by atoms with Crippen molar-refractivity contribution in [1.29, 1.82) is 0 Å². The van der Waals surface area contributed by atoms with Crippen molar-refractivity contribution in [3.8, 4) is 0 Å². The summed E-state index contributed by atoms with van der Waals surface area (Å²) in [6.45, 7) is 4.65. The highest BCUT2D eigenvalue weighted by Crippen LogP contribution is 2.04. The molecule has 0 saturated carbocycles. The standard InChI is InChI=1S/C15H24N2O3S/c1-4-5-10-17(21(3,19)20)12-15(18)16-11-14-8-6-13(2)7-9-14/h6-9H,4-5,10-12H2,1-3H3,(H,16,18). The third kappa shape index (κ3) is 6.73. The van der Waals surface area contributed by atoms with Crippen LogP contribution in [0.5, 0.6) is 0 Å². The Morgan fingerprint density at radius 3 is 2.38 bits per heavy atom. The summed E-state index contributed by atoms with van der Waals surface area (Å²) in [5.41, 5.74) is 2.15. The average molecular weight is 312 g/mol. The number of hydrogen-bond donors (Lipinski definition) is 1. The Hall–Kier alpha value is -1.40. The van der Waals surface area contributed by atoms with E-state index in [1.54, 1.807) is 0 Å². The zero-order valence-electron chi connectivity index (χ0n) is 12.9. The normalized spacial score (nSPS) is 11.6. The van der Waals surface area contributed by atoms with Crippen LogP contribution < -0.4 is 5.32 Å². The van der Waals surface area contributed by atoms with E-state index in [0.29, 0.717) is 13.1 Å². The number of carbonyl (C=O) groups is 1. The quantitative estimate of drug-likeness (QED) is 0.794. The van der Waals surface area contributed by atoms with Crippen LogP contribution in [0.3, 0.4) is 0 Å². The molecule has 0 aliphatic rings. The van der Waals surface area contributed by atoms with Crippen molar-refractivity contribution in [3.05, 3.63) is 35.4 Å². The average Bonchev–Trinajstić information content (AvgIpc) is 2.41. The highest BCUT2D eigenvalue weighted by molar-refractivity contribution is 7.88. The summed E-state index contributed by atoms with van der Waals surface area (Å²) in [7, 11) is -3.35. The summed E-state index contributed by atoms with van der Waals surface area (Å²) in [4.78, 5) is 11.9. The van der Waals surface area contributed by atoms with Gasteiger partial charge in [-0.1, -0.05) is 43.2 Å². The molecular weight excluding hydrogens is 288 g/mol. The van der Waals surface area contributed by atoms with E-state index in [-0.39, 0.29) is 12.5 Å². The van der Waals surface area contributed by atoms with Crippen LogP contribution in [-0.2, 0) is 21.4 Å². The Morgan fingerprint density at radius 2 is 1.86 bits per heavy atom. The molecule has 0 aliphatic heterocycles. The van der Waals surface area contributed by atoms with Gasteiger partial charge in [0.05, 0.1) is 12.8 Å². The van der Waals surface area contributed by atoms with Crippen molar-refractivity contribution in [2.75, 3.05) is 19.3 Å². The molecule has 0 radical (unpaired) electrons. The first-order valence-corrected chi connectivity index (χ1v) is 8.95. The molecule has 0 saturated heterocycles. The predicted octanol–water partition coefficient (Wildman–Crippen LogP) is 1.67. The summed E-state index contributed by atoms with van der Waals surface area (Å²) in [6.07, 6.45) is 2.77. The van der Waals surface area contributed by atoms with E-state index < -0.39 is 10.0 Å². The first kappa shape index (κ1) is 17.7. The van der Waals surface area contributed by atoms with Crippen molar-refractivity contribution in [1.82, 2.24) is 9.62 Å². The fourth-order valence-electron chi connectivity index (χ4n) is 1.82. The van der Waals surface area contributed by atoms with Crippen LogP contribution >= 0.6 is 0 Å². The number of sulfonamides is 1. The topological polar surface area (TPSA) is 66.5 Å². The van der Waals surface area contributed by atoms with Gasteiger partial charge in [0.1, 0.15) is 0 Å². The van der Waals surface area contributed by atoms with Gasteiger partial charge in [-0.25, -0.2) is 8.42 Å². The van der Waals surface area contributed by atoms with Crippen LogP contribution in [0.25, 0.3) is 0 Å². The first-order valence-electron chi connectivity index (χ1n) is 7.10. The smallest absolute Gasteiger partial charge is 0.235 e. The second-order valence-electron chi connectivity index (χ2n) is 5.21. The number of hydrogen-bond acceptors (Lipinski definition) is 3. The molecular formula is C15H24N2O3S. The molecule has 1 aromatic rings. The van der Waals surface area contributed by atoms with Gasteiger partial charge in [0.2, 0.25) is 15.9 Å². The van der Waals surface area contributed by atoms with Crippen LogP contribution in [0.15, 0.2) is 24.3 Å². The Morgan fingerprint density at radius 1 is 1.24 bits per heavy atom. The van der Waals surface area contributed by atoms with Crippen molar-refractivity contribution >= 4 is 15.9 Å². The molecule has 0 bridgehead atoms. The fourth-order valence-corrected chi connectivity index (χ4v) is 2.63. The summed E-state index contributed by atoms with van der Waals surface area (Å²) in [6, 6.07) is 7.85. The monoisotopic (exact) mass is 312 g/mol. The summed E-state index contributed by atoms with van der Waals surface area (Å²) >= 11 is 0. The van der Waals surface area contributed by atoms with E-state index in [1.165, 1.54) is 4.31 Å². The molecule has 0 heterocycles. The van der Waals surface area contributed by atoms with Crippen molar-refractivity contribution in [3.63, 3.8) is 0 Å². The number of rotatable bonds is 8. The van der Waals surface area contributed by atoms with E-state index >= 15 is 0 Å². The van der Waals surface area contributed by atoms with Crippen molar-refractivity contribution in [2.45, 2.75) is 33.2 Å². The lowest BCUT2D eigenvalue weighted by molar-refractivity contribution is -0.121. The van der Waals surface area contributed by atoms with Gasteiger partial charge in [0, 0.05) is 13.1 Å². The zero-order valence-corrected chi connectivity index (χ0v) is 13.7. The van der Waals surface area contributed by atoms with Gasteiger partial charge >= 0.3 is 0 Å². The maximum absolute atomic E-state index is 11.9. The zero-order chi connectivity index (χ0) is 15.9. The molecule has 0 unspecified atom stereocenters. The Labute approximate surface area is 127 Å². The lowest BCUT2D eigenvalue weighted by atomic mass is 10.1. The highest BCUT2D eigenvalue weighted by Gasteiger charge is 2.19. The lowest BCUT2D eigenvalue weighted by Crippen LogP contribution is -2.40. The third-order valence-electron chi connectivity index (χ3n) is 3.16. The Bertz CT molecular complexity index is 553. The molecule has 0 fully saturated rings. The molecule has 0 spiro atoms. The lowest BCUT2D eigenvalue weighted by Gasteiger charge is -2.19. The number of benzene rings is 1. The fraction of sp³-hybridized carbons (Fsp3) is 0.533. The summed E-state index contributed by atoms with van der Waals surface area (Å²) in [5.74, 6) is -0.280. The maximum Gasteiger partial charge on any atom is 0.235 e. The number of nitrogens with one attached hydrogen (secondary N) is 1. The van der Waals surface area contributed by atoms with Crippen LogP contribution in [0, 0.1) is 6.92 Å². The van der Waals surface area contributed by atoms with Crippen LogP contribution in [-0.4, -0.2) is 38.0 Å². The van der Waals surface area contributed by atoms with Gasteiger partial charge in [-0.15, -0.1) is 0 Å². The highest BCUT2D eigenvalue weighted by atomic mass is 32.2. The Balaban J connectivity index is 2.52. The molecule has 21 heavy (non-hydrogen) atoms. The molecule has 118 valence electrons. The summed E-state index contributed by atoms with van der Waals surface area (Å²) in [5, 5.41) is 2.75.